The molecule has 1 heterocycles. The summed E-state index contributed by atoms with van der Waals surface area (Å²) in [6, 6.07) is 29.4. The summed E-state index contributed by atoms with van der Waals surface area (Å²) >= 11 is 0. The molecule has 30 heavy (non-hydrogen) atoms. The Balaban J connectivity index is 1.69. The summed E-state index contributed by atoms with van der Waals surface area (Å²) in [5, 5.41) is 2.23. The number of nitrogens with zero attached hydrogens (tertiary/aromatic N) is 1. The second kappa shape index (κ2) is 7.38. The molecule has 0 N–H and O–H groups in total. The van der Waals surface area contributed by atoms with Crippen LogP contribution in [0.4, 0.5) is 0 Å². The molecule has 4 aromatic carbocycles. The lowest BCUT2D eigenvalue weighted by Crippen LogP contribution is -2.39. The van der Waals surface area contributed by atoms with Gasteiger partial charge in [0.25, 0.3) is 0 Å². The number of rotatable bonds is 3. The first-order valence-corrected chi connectivity index (χ1v) is 11.6. The first kappa shape index (κ1) is 19.0. The van der Waals surface area contributed by atoms with Crippen molar-refractivity contribution in [2.24, 2.45) is 0 Å². The maximum atomic E-state index is 13.8. The van der Waals surface area contributed by atoms with E-state index in [2.05, 4.69) is 30.3 Å². The van der Waals surface area contributed by atoms with Crippen LogP contribution >= 0.6 is 0 Å². The smallest absolute Gasteiger partial charge is 0.207 e. The quantitative estimate of drug-likeness (QED) is 0.436. The van der Waals surface area contributed by atoms with E-state index in [1.165, 1.54) is 5.56 Å². The van der Waals surface area contributed by atoms with Gasteiger partial charge >= 0.3 is 0 Å². The number of fused-ring (bicyclic) bond motifs is 2. The lowest BCUT2D eigenvalue weighted by molar-refractivity contribution is 0.298. The largest absolute Gasteiger partial charge is 0.243 e. The van der Waals surface area contributed by atoms with E-state index >= 15 is 0 Å². The molecule has 0 saturated carbocycles. The minimum absolute atomic E-state index is 0.252. The lowest BCUT2D eigenvalue weighted by atomic mass is 9.89. The van der Waals surface area contributed by atoms with E-state index in [0.717, 1.165) is 27.5 Å². The summed E-state index contributed by atoms with van der Waals surface area (Å²) < 4.78 is 29.2. The highest BCUT2D eigenvalue weighted by atomic mass is 32.2. The van der Waals surface area contributed by atoms with Crippen LogP contribution in [-0.2, 0) is 23.0 Å². The van der Waals surface area contributed by atoms with E-state index in [-0.39, 0.29) is 6.04 Å². The molecule has 0 aromatic heterocycles. The van der Waals surface area contributed by atoms with Gasteiger partial charge in [-0.05, 0) is 52.9 Å². The normalized spacial score (nSPS) is 17.0. The van der Waals surface area contributed by atoms with Crippen molar-refractivity contribution < 1.29 is 8.42 Å². The van der Waals surface area contributed by atoms with Gasteiger partial charge in [-0.15, -0.1) is 0 Å². The number of sulfonamides is 1. The van der Waals surface area contributed by atoms with Crippen molar-refractivity contribution in [3.8, 4) is 0 Å². The zero-order valence-corrected chi connectivity index (χ0v) is 17.6. The maximum Gasteiger partial charge on any atom is 0.243 e. The van der Waals surface area contributed by atoms with Crippen LogP contribution in [0.2, 0.25) is 0 Å². The monoisotopic (exact) mass is 413 g/mol. The Morgan fingerprint density at radius 1 is 0.767 bits per heavy atom. The second-order valence-electron chi connectivity index (χ2n) is 7.92. The molecule has 4 aromatic rings. The Hall–Kier alpha value is -2.95. The third-order valence-electron chi connectivity index (χ3n) is 6.02. The van der Waals surface area contributed by atoms with E-state index in [1.54, 1.807) is 16.4 Å². The number of hydrogen-bond donors (Lipinski definition) is 0. The Morgan fingerprint density at radius 2 is 1.43 bits per heavy atom. The van der Waals surface area contributed by atoms with Gasteiger partial charge in [0.1, 0.15) is 0 Å². The molecule has 1 aliphatic heterocycles. The molecule has 0 spiro atoms. The summed E-state index contributed by atoms with van der Waals surface area (Å²) in [4.78, 5) is 0.345. The molecule has 1 aliphatic rings. The van der Waals surface area contributed by atoms with Gasteiger partial charge in [0, 0.05) is 6.54 Å². The first-order chi connectivity index (χ1) is 14.5. The van der Waals surface area contributed by atoms with Crippen LogP contribution < -0.4 is 0 Å². The molecule has 0 aliphatic carbocycles. The minimum atomic E-state index is -3.65. The molecular weight excluding hydrogens is 390 g/mol. The number of hydrogen-bond acceptors (Lipinski definition) is 2. The second-order valence-corrected chi connectivity index (χ2v) is 9.81. The predicted molar refractivity (Wildman–Crippen MR) is 121 cm³/mol. The molecule has 0 amide bonds. The fourth-order valence-electron chi connectivity index (χ4n) is 4.40. The summed E-state index contributed by atoms with van der Waals surface area (Å²) in [5.74, 6) is 0. The average molecular weight is 414 g/mol. The summed E-state index contributed by atoms with van der Waals surface area (Å²) in [7, 11) is -3.65. The fraction of sp³-hybridized carbons (Fsp3) is 0.154. The van der Waals surface area contributed by atoms with Crippen molar-refractivity contribution in [2.75, 3.05) is 0 Å². The molecule has 1 atom stereocenters. The van der Waals surface area contributed by atoms with Crippen molar-refractivity contribution in [3.63, 3.8) is 0 Å². The molecule has 5 rings (SSSR count). The molecule has 0 radical (unpaired) electrons. The van der Waals surface area contributed by atoms with E-state index < -0.39 is 10.0 Å². The van der Waals surface area contributed by atoms with Crippen LogP contribution in [0.3, 0.4) is 0 Å². The highest BCUT2D eigenvalue weighted by molar-refractivity contribution is 7.89. The van der Waals surface area contributed by atoms with Crippen molar-refractivity contribution >= 4 is 20.8 Å². The molecule has 4 heteroatoms. The lowest BCUT2D eigenvalue weighted by Gasteiger charge is -2.37. The van der Waals surface area contributed by atoms with Crippen molar-refractivity contribution in [1.82, 2.24) is 4.31 Å². The topological polar surface area (TPSA) is 37.4 Å². The van der Waals surface area contributed by atoms with Gasteiger partial charge in [0.05, 0.1) is 10.9 Å². The molecule has 3 nitrogen and oxygen atoms in total. The van der Waals surface area contributed by atoms with Gasteiger partial charge in [-0.3, -0.25) is 0 Å². The number of benzene rings is 4. The Bertz CT molecular complexity index is 1320. The van der Waals surface area contributed by atoms with Crippen LogP contribution in [0.25, 0.3) is 10.8 Å². The zero-order chi connectivity index (χ0) is 20.7. The van der Waals surface area contributed by atoms with Crippen LogP contribution in [0.5, 0.6) is 0 Å². The van der Waals surface area contributed by atoms with Gasteiger partial charge < -0.3 is 0 Å². The molecule has 150 valence electrons. The van der Waals surface area contributed by atoms with Crippen LogP contribution in [0.1, 0.15) is 28.3 Å². The van der Waals surface area contributed by atoms with Gasteiger partial charge in [-0.2, -0.15) is 4.31 Å². The van der Waals surface area contributed by atoms with Crippen molar-refractivity contribution in [1.29, 1.82) is 0 Å². The van der Waals surface area contributed by atoms with Gasteiger partial charge in [-0.1, -0.05) is 84.4 Å². The standard InChI is InChI=1S/C26H23NO2S/c1-19-13-15-23(16-14-19)30(28,29)27-18-22-9-3-2-8-21(22)17-26(27)25-12-6-10-20-7-4-5-11-24(20)25/h2-16,26H,17-18H2,1H3. The molecule has 1 unspecified atom stereocenters. The fourth-order valence-corrected chi connectivity index (χ4v) is 5.99. The Kier molecular flexibility index (Phi) is 4.69. The third-order valence-corrected chi connectivity index (χ3v) is 7.88. The van der Waals surface area contributed by atoms with E-state index in [4.69, 9.17) is 0 Å². The van der Waals surface area contributed by atoms with Crippen LogP contribution in [0.15, 0.2) is 95.9 Å². The van der Waals surface area contributed by atoms with Gasteiger partial charge in [-0.25, -0.2) is 8.42 Å². The van der Waals surface area contributed by atoms with Crippen molar-refractivity contribution in [3.05, 3.63) is 113 Å². The van der Waals surface area contributed by atoms with Crippen molar-refractivity contribution in [2.45, 2.75) is 30.8 Å². The van der Waals surface area contributed by atoms with Crippen LogP contribution in [0, 0.1) is 6.92 Å². The molecular formula is C26H23NO2S. The zero-order valence-electron chi connectivity index (χ0n) is 16.8. The number of aryl methyl sites for hydroxylation is 1. The summed E-state index contributed by atoms with van der Waals surface area (Å²) in [5.41, 5.74) is 4.39. The van der Waals surface area contributed by atoms with Crippen LogP contribution in [-0.4, -0.2) is 12.7 Å². The SMILES string of the molecule is Cc1ccc(S(=O)(=O)N2Cc3ccccc3CC2c2cccc3ccccc23)cc1. The predicted octanol–water partition coefficient (Wildman–Crippen LogP) is 5.64. The van der Waals surface area contributed by atoms with E-state index in [1.807, 2.05) is 55.5 Å². The van der Waals surface area contributed by atoms with Gasteiger partial charge in [0.2, 0.25) is 10.0 Å². The van der Waals surface area contributed by atoms with E-state index in [9.17, 15) is 8.42 Å². The maximum absolute atomic E-state index is 13.8. The average Bonchev–Trinajstić information content (AvgIpc) is 2.78. The first-order valence-electron chi connectivity index (χ1n) is 10.2. The summed E-state index contributed by atoms with van der Waals surface area (Å²) in [6.07, 6.45) is 0.662. The molecule has 0 saturated heterocycles. The Labute approximate surface area is 177 Å². The highest BCUT2D eigenvalue weighted by Gasteiger charge is 2.37. The molecule has 0 fully saturated rings. The molecule has 0 bridgehead atoms. The summed E-state index contributed by atoms with van der Waals surface area (Å²) in [6.45, 7) is 2.34. The minimum Gasteiger partial charge on any atom is -0.207 e. The van der Waals surface area contributed by atoms with Gasteiger partial charge in [0.15, 0.2) is 0 Å². The highest BCUT2D eigenvalue weighted by Crippen LogP contribution is 2.39. The van der Waals surface area contributed by atoms with E-state index in [0.29, 0.717) is 17.9 Å². The Morgan fingerprint density at radius 3 is 2.23 bits per heavy atom. The third kappa shape index (κ3) is 3.22.